The first kappa shape index (κ1) is 81.6. The topological polar surface area (TPSA) is 95.9 Å². The number of rotatable bonds is 73. The van der Waals surface area contributed by atoms with E-state index in [0.717, 1.165) is 38.5 Å². The number of aliphatic hydroxyl groups is 2. The molecule has 0 aliphatic heterocycles. The van der Waals surface area contributed by atoms with Gasteiger partial charge in [0.05, 0.1) is 25.4 Å². The van der Waals surface area contributed by atoms with Crippen LogP contribution in [0.5, 0.6) is 0 Å². The van der Waals surface area contributed by atoms with E-state index in [1.165, 1.54) is 372 Å². The van der Waals surface area contributed by atoms with E-state index in [1.807, 2.05) is 0 Å². The van der Waals surface area contributed by atoms with E-state index in [4.69, 9.17) is 4.74 Å². The third-order valence-electron chi connectivity index (χ3n) is 18.3. The SMILES string of the molecule is CCCCCCCCCCCCCCCCCCCCCCCC(O)C(CO)NC(=O)CCCCCCCCCCCCCCC/C=C\CCCCCCCCCCCCCCOC(=O)CCCCCCCCCCCCCCCCCC. The molecule has 3 N–H and O–H groups in total. The van der Waals surface area contributed by atoms with E-state index in [2.05, 4.69) is 31.3 Å². The van der Waals surface area contributed by atoms with Crippen molar-refractivity contribution in [2.75, 3.05) is 13.2 Å². The van der Waals surface area contributed by atoms with Gasteiger partial charge in [-0.15, -0.1) is 0 Å². The first-order chi connectivity index (χ1) is 41.0. The second-order valence-corrected chi connectivity index (χ2v) is 26.7. The highest BCUT2D eigenvalue weighted by Crippen LogP contribution is 2.20. The van der Waals surface area contributed by atoms with Crippen LogP contribution in [-0.4, -0.2) is 47.4 Å². The van der Waals surface area contributed by atoms with Crippen molar-refractivity contribution < 1.29 is 24.5 Å². The molecule has 0 spiro atoms. The number of carbonyl (C=O) groups is 2. The Kier molecular flexibility index (Phi) is 71.8. The van der Waals surface area contributed by atoms with Crippen molar-refractivity contribution in [1.82, 2.24) is 5.32 Å². The zero-order valence-electron chi connectivity index (χ0n) is 56.7. The third kappa shape index (κ3) is 69.6. The van der Waals surface area contributed by atoms with Crippen LogP contribution >= 0.6 is 0 Å². The van der Waals surface area contributed by atoms with E-state index in [-0.39, 0.29) is 18.5 Å². The second-order valence-electron chi connectivity index (χ2n) is 26.7. The van der Waals surface area contributed by atoms with Gasteiger partial charge in [-0.3, -0.25) is 9.59 Å². The van der Waals surface area contributed by atoms with Crippen LogP contribution in [0, 0.1) is 0 Å². The van der Waals surface area contributed by atoms with Gasteiger partial charge in [-0.1, -0.05) is 392 Å². The number of carbonyl (C=O) groups excluding carboxylic acids is 2. The molecule has 494 valence electrons. The predicted molar refractivity (Wildman–Crippen MR) is 366 cm³/mol. The van der Waals surface area contributed by atoms with Gasteiger partial charge in [0.15, 0.2) is 0 Å². The summed E-state index contributed by atoms with van der Waals surface area (Å²) in [5, 5.41) is 23.4. The van der Waals surface area contributed by atoms with E-state index >= 15 is 0 Å². The fourth-order valence-corrected chi connectivity index (χ4v) is 12.5. The first-order valence-corrected chi connectivity index (χ1v) is 38.4. The van der Waals surface area contributed by atoms with Crippen LogP contribution in [0.25, 0.3) is 0 Å². The highest BCUT2D eigenvalue weighted by molar-refractivity contribution is 5.76. The number of esters is 1. The zero-order chi connectivity index (χ0) is 59.9. The van der Waals surface area contributed by atoms with E-state index in [0.29, 0.717) is 25.9 Å². The van der Waals surface area contributed by atoms with Crippen LogP contribution in [0.4, 0.5) is 0 Å². The van der Waals surface area contributed by atoms with Gasteiger partial charge in [0, 0.05) is 12.8 Å². The molecule has 0 aliphatic rings. The minimum absolute atomic E-state index is 0.0213. The maximum atomic E-state index is 12.6. The Bertz CT molecular complexity index is 1260. The van der Waals surface area contributed by atoms with E-state index in [9.17, 15) is 19.8 Å². The summed E-state index contributed by atoms with van der Waals surface area (Å²) < 4.78 is 5.51. The summed E-state index contributed by atoms with van der Waals surface area (Å²) in [6.07, 6.45) is 91.4. The molecule has 0 aromatic carbocycles. The lowest BCUT2D eigenvalue weighted by molar-refractivity contribution is -0.143. The molecular weight excluding hydrogens is 1020 g/mol. The van der Waals surface area contributed by atoms with Crippen molar-refractivity contribution in [1.29, 1.82) is 0 Å². The molecule has 0 saturated carbocycles. The molecule has 0 aromatic rings. The third-order valence-corrected chi connectivity index (χ3v) is 18.3. The molecule has 0 heterocycles. The average molecular weight is 1170 g/mol. The van der Waals surface area contributed by atoms with Crippen LogP contribution in [-0.2, 0) is 14.3 Å². The monoisotopic (exact) mass is 1170 g/mol. The lowest BCUT2D eigenvalue weighted by Gasteiger charge is -2.22. The number of hydrogen-bond acceptors (Lipinski definition) is 5. The summed E-state index contributed by atoms with van der Waals surface area (Å²) in [4.78, 5) is 24.7. The summed E-state index contributed by atoms with van der Waals surface area (Å²) in [5.74, 6) is -0.00745. The molecular formula is C77H151NO5. The molecule has 6 heteroatoms. The van der Waals surface area contributed by atoms with Gasteiger partial charge in [0.25, 0.3) is 0 Å². The summed E-state index contributed by atoms with van der Waals surface area (Å²) >= 11 is 0. The summed E-state index contributed by atoms with van der Waals surface area (Å²) in [5.41, 5.74) is 0. The number of ether oxygens (including phenoxy) is 1. The van der Waals surface area contributed by atoms with Gasteiger partial charge in [-0.2, -0.15) is 0 Å². The molecule has 0 saturated heterocycles. The predicted octanol–water partition coefficient (Wildman–Crippen LogP) is 25.1. The van der Waals surface area contributed by atoms with Crippen molar-refractivity contribution in [3.8, 4) is 0 Å². The van der Waals surface area contributed by atoms with Crippen LogP contribution < -0.4 is 5.32 Å². The Labute approximate surface area is 520 Å². The van der Waals surface area contributed by atoms with Crippen LogP contribution in [0.2, 0.25) is 0 Å². The van der Waals surface area contributed by atoms with Crippen LogP contribution in [0.15, 0.2) is 12.2 Å². The molecule has 2 unspecified atom stereocenters. The quantitative estimate of drug-likeness (QED) is 0.0320. The molecule has 1 amide bonds. The van der Waals surface area contributed by atoms with Crippen molar-refractivity contribution >= 4 is 11.9 Å². The van der Waals surface area contributed by atoms with Crippen molar-refractivity contribution in [2.24, 2.45) is 0 Å². The summed E-state index contributed by atoms with van der Waals surface area (Å²) in [6, 6.07) is -0.541. The zero-order valence-corrected chi connectivity index (χ0v) is 56.7. The number of nitrogens with one attached hydrogen (secondary N) is 1. The Hall–Kier alpha value is -1.40. The molecule has 6 nitrogen and oxygen atoms in total. The second kappa shape index (κ2) is 73.1. The Balaban J connectivity index is 3.36. The van der Waals surface area contributed by atoms with Crippen LogP contribution in [0.3, 0.4) is 0 Å². The molecule has 2 atom stereocenters. The van der Waals surface area contributed by atoms with Gasteiger partial charge in [-0.25, -0.2) is 0 Å². The Morgan fingerprint density at radius 2 is 0.566 bits per heavy atom. The fourth-order valence-electron chi connectivity index (χ4n) is 12.5. The number of amides is 1. The van der Waals surface area contributed by atoms with E-state index in [1.54, 1.807) is 0 Å². The largest absolute Gasteiger partial charge is 0.466 e. The summed E-state index contributed by atoms with van der Waals surface area (Å²) in [7, 11) is 0. The van der Waals surface area contributed by atoms with Gasteiger partial charge in [-0.05, 0) is 51.4 Å². The van der Waals surface area contributed by atoms with Crippen molar-refractivity contribution in [3.63, 3.8) is 0 Å². The maximum absolute atomic E-state index is 12.6. The van der Waals surface area contributed by atoms with Gasteiger partial charge in [0.2, 0.25) is 5.91 Å². The molecule has 0 radical (unpaired) electrons. The van der Waals surface area contributed by atoms with Gasteiger partial charge < -0.3 is 20.3 Å². The lowest BCUT2D eigenvalue weighted by Crippen LogP contribution is -2.45. The molecule has 83 heavy (non-hydrogen) atoms. The minimum atomic E-state index is -0.664. The molecule has 0 aromatic heterocycles. The number of hydrogen-bond donors (Lipinski definition) is 3. The molecule has 0 aliphatic carbocycles. The minimum Gasteiger partial charge on any atom is -0.466 e. The molecule has 0 fully saturated rings. The number of aliphatic hydroxyl groups excluding tert-OH is 2. The summed E-state index contributed by atoms with van der Waals surface area (Å²) in [6.45, 7) is 5.01. The normalized spacial score (nSPS) is 12.5. The standard InChI is InChI=1S/C77H151NO5/c1-3-5-7-9-11-13-15-17-19-21-22-32-35-38-41-45-49-53-57-61-65-69-75(80)74(73-79)78-76(81)70-66-62-58-54-50-46-42-39-36-33-30-28-26-24-23-25-27-29-31-34-37-40-44-48-52-56-60-64-68-72-83-77(82)71-67-63-59-55-51-47-43-20-18-16-14-12-10-8-6-4-2/h23,25,74-75,79-80H,3-22,24,26-73H2,1-2H3,(H,78,81)/b25-23-. The van der Waals surface area contributed by atoms with Crippen molar-refractivity contribution in [2.45, 2.75) is 456 Å². The smallest absolute Gasteiger partial charge is 0.305 e. The number of unbranched alkanes of at least 4 members (excludes halogenated alkanes) is 60. The molecule has 0 bridgehead atoms. The number of allylic oxidation sites excluding steroid dienone is 2. The fraction of sp³-hybridized carbons (Fsp3) is 0.948. The Morgan fingerprint density at radius 3 is 0.855 bits per heavy atom. The molecule has 0 rings (SSSR count). The van der Waals surface area contributed by atoms with Gasteiger partial charge >= 0.3 is 5.97 Å². The highest BCUT2D eigenvalue weighted by atomic mass is 16.5. The average Bonchev–Trinajstić information content (AvgIpc) is 3.49. The lowest BCUT2D eigenvalue weighted by atomic mass is 10.0. The first-order valence-electron chi connectivity index (χ1n) is 38.4. The van der Waals surface area contributed by atoms with Crippen LogP contribution in [0.1, 0.15) is 444 Å². The maximum Gasteiger partial charge on any atom is 0.305 e. The van der Waals surface area contributed by atoms with Gasteiger partial charge in [0.1, 0.15) is 0 Å². The highest BCUT2D eigenvalue weighted by Gasteiger charge is 2.20. The van der Waals surface area contributed by atoms with Crippen molar-refractivity contribution in [3.05, 3.63) is 12.2 Å². The van der Waals surface area contributed by atoms with E-state index < -0.39 is 12.1 Å². The Morgan fingerprint density at radius 1 is 0.325 bits per heavy atom.